The van der Waals surface area contributed by atoms with Crippen LogP contribution in [0, 0.1) is 0 Å². The molecule has 174 valence electrons. The highest BCUT2D eigenvalue weighted by atomic mass is 32.1. The molecule has 0 bridgehead atoms. The number of nitrogens with one attached hydrogen (secondary N) is 2. The number of benzene rings is 2. The van der Waals surface area contributed by atoms with Gasteiger partial charge >= 0.3 is 12.0 Å². The molecule has 2 N–H and O–H groups in total. The van der Waals surface area contributed by atoms with Crippen LogP contribution in [0.1, 0.15) is 39.7 Å². The zero-order valence-corrected chi connectivity index (χ0v) is 19.6. The highest BCUT2D eigenvalue weighted by Gasteiger charge is 2.50. The summed E-state index contributed by atoms with van der Waals surface area (Å²) in [5.41, 5.74) is 0.630. The number of methoxy groups -OCH3 is 1. The Bertz CT molecular complexity index is 1360. The van der Waals surface area contributed by atoms with Gasteiger partial charge in [0.1, 0.15) is 17.1 Å². The molecule has 34 heavy (non-hydrogen) atoms. The minimum Gasteiger partial charge on any atom is -0.465 e. The molecule has 1 saturated heterocycles. The molecule has 5 rings (SSSR count). The summed E-state index contributed by atoms with van der Waals surface area (Å²) < 4.78 is 4.91. The summed E-state index contributed by atoms with van der Waals surface area (Å²) in [4.78, 5) is 53.4. The van der Waals surface area contributed by atoms with E-state index in [4.69, 9.17) is 4.74 Å². The molecule has 1 aromatic heterocycles. The van der Waals surface area contributed by atoms with Crippen molar-refractivity contribution < 1.29 is 23.9 Å². The van der Waals surface area contributed by atoms with Crippen molar-refractivity contribution >= 4 is 50.9 Å². The lowest BCUT2D eigenvalue weighted by molar-refractivity contribution is -0.133. The lowest BCUT2D eigenvalue weighted by Gasteiger charge is -2.24. The van der Waals surface area contributed by atoms with Crippen LogP contribution in [-0.4, -0.2) is 42.4 Å². The largest absolute Gasteiger partial charge is 0.465 e. The number of carbonyl (C=O) groups excluding carboxylic acids is 4. The second kappa shape index (κ2) is 8.25. The van der Waals surface area contributed by atoms with E-state index in [0.29, 0.717) is 16.1 Å². The van der Waals surface area contributed by atoms with Crippen LogP contribution in [0.4, 0.5) is 9.80 Å². The highest BCUT2D eigenvalue weighted by molar-refractivity contribution is 7.17. The molecule has 3 aromatic rings. The Morgan fingerprint density at radius 1 is 1.15 bits per heavy atom. The number of aryl methyl sites for hydroxylation is 1. The third-order valence-electron chi connectivity index (χ3n) is 6.47. The van der Waals surface area contributed by atoms with Gasteiger partial charge in [0.15, 0.2) is 0 Å². The monoisotopic (exact) mass is 477 g/mol. The van der Waals surface area contributed by atoms with E-state index < -0.39 is 35.9 Å². The van der Waals surface area contributed by atoms with Gasteiger partial charge < -0.3 is 15.4 Å². The Labute approximate surface area is 199 Å². The number of rotatable bonds is 5. The maximum atomic E-state index is 13.4. The lowest BCUT2D eigenvalue weighted by Crippen LogP contribution is -2.42. The van der Waals surface area contributed by atoms with Gasteiger partial charge in [-0.25, -0.2) is 9.59 Å². The number of hydrogen-bond donors (Lipinski definition) is 2. The van der Waals surface area contributed by atoms with Crippen molar-refractivity contribution in [1.82, 2.24) is 10.2 Å². The van der Waals surface area contributed by atoms with Crippen LogP contribution < -0.4 is 10.6 Å². The summed E-state index contributed by atoms with van der Waals surface area (Å²) in [6, 6.07) is 12.6. The van der Waals surface area contributed by atoms with Gasteiger partial charge in [-0.15, -0.1) is 11.3 Å². The molecule has 2 heterocycles. The number of imide groups is 1. The minimum absolute atomic E-state index is 0.367. The topological polar surface area (TPSA) is 105 Å². The second-order valence-electron chi connectivity index (χ2n) is 8.57. The number of nitrogens with zero attached hydrogens (tertiary/aromatic N) is 1. The molecule has 8 nitrogen and oxygen atoms in total. The molecule has 2 aromatic carbocycles. The van der Waals surface area contributed by atoms with E-state index in [1.165, 1.54) is 18.4 Å². The van der Waals surface area contributed by atoms with E-state index in [1.54, 1.807) is 13.0 Å². The zero-order chi connectivity index (χ0) is 24.0. The number of thiophene rings is 1. The maximum Gasteiger partial charge on any atom is 0.341 e. The third kappa shape index (κ3) is 3.43. The van der Waals surface area contributed by atoms with Gasteiger partial charge in [-0.2, -0.15) is 0 Å². The fraction of sp³-hybridized carbons (Fsp3) is 0.280. The third-order valence-corrected chi connectivity index (χ3v) is 7.68. The molecule has 1 unspecified atom stereocenters. The molecule has 1 atom stereocenters. The summed E-state index contributed by atoms with van der Waals surface area (Å²) in [7, 11) is 1.30. The van der Waals surface area contributed by atoms with Crippen LogP contribution in [0.5, 0.6) is 0 Å². The maximum absolute atomic E-state index is 13.4. The first-order valence-corrected chi connectivity index (χ1v) is 11.8. The van der Waals surface area contributed by atoms with E-state index in [1.807, 2.05) is 36.4 Å². The van der Waals surface area contributed by atoms with E-state index in [0.717, 1.165) is 45.4 Å². The summed E-state index contributed by atoms with van der Waals surface area (Å²) in [6.45, 7) is 1.18. The number of urea groups is 1. The number of amides is 4. The zero-order valence-electron chi connectivity index (χ0n) is 18.8. The molecular weight excluding hydrogens is 454 g/mol. The van der Waals surface area contributed by atoms with Gasteiger partial charge in [0.05, 0.1) is 12.7 Å². The van der Waals surface area contributed by atoms with Crippen LogP contribution in [0.2, 0.25) is 0 Å². The average molecular weight is 478 g/mol. The van der Waals surface area contributed by atoms with Gasteiger partial charge in [0.2, 0.25) is 5.91 Å². The van der Waals surface area contributed by atoms with Gasteiger partial charge in [0.25, 0.3) is 5.91 Å². The van der Waals surface area contributed by atoms with Crippen LogP contribution in [0.15, 0.2) is 42.5 Å². The van der Waals surface area contributed by atoms with E-state index in [2.05, 4.69) is 10.6 Å². The number of hydrogen-bond acceptors (Lipinski definition) is 6. The number of anilines is 1. The molecule has 1 aliphatic heterocycles. The molecule has 0 radical (unpaired) electrons. The first kappa shape index (κ1) is 22.1. The lowest BCUT2D eigenvalue weighted by atomic mass is 9.88. The first-order chi connectivity index (χ1) is 16.3. The molecule has 4 amide bonds. The number of carbonyl (C=O) groups is 4. The molecular formula is C25H23N3O5S. The number of fused-ring (bicyclic) bond motifs is 2. The van der Waals surface area contributed by atoms with E-state index in [9.17, 15) is 19.2 Å². The van der Waals surface area contributed by atoms with Crippen molar-refractivity contribution in [1.29, 1.82) is 0 Å². The smallest absolute Gasteiger partial charge is 0.341 e. The molecule has 2 aliphatic rings. The van der Waals surface area contributed by atoms with Gasteiger partial charge in [0, 0.05) is 4.88 Å². The SMILES string of the molecule is COC(=O)c1c(NC(=O)CN2C(=O)NC(C)(c3cccc4ccccc34)C2=O)sc2c1CCC2. The molecule has 1 aliphatic carbocycles. The van der Waals surface area contributed by atoms with Gasteiger partial charge in [-0.05, 0) is 48.1 Å². The van der Waals surface area contributed by atoms with Crippen LogP contribution in [0.3, 0.4) is 0 Å². The Kier molecular flexibility index (Phi) is 5.36. The summed E-state index contributed by atoms with van der Waals surface area (Å²) in [6.07, 6.45) is 2.55. The molecule has 0 saturated carbocycles. The molecule has 9 heteroatoms. The van der Waals surface area contributed by atoms with Gasteiger partial charge in [-0.1, -0.05) is 42.5 Å². The van der Waals surface area contributed by atoms with Crippen LogP contribution >= 0.6 is 11.3 Å². The first-order valence-electron chi connectivity index (χ1n) is 11.0. The minimum atomic E-state index is -1.31. The Hall–Kier alpha value is -3.72. The molecule has 1 fully saturated rings. The highest BCUT2D eigenvalue weighted by Crippen LogP contribution is 2.39. The Morgan fingerprint density at radius 2 is 1.91 bits per heavy atom. The molecule has 0 spiro atoms. The van der Waals surface area contributed by atoms with Crippen molar-refractivity contribution in [2.45, 2.75) is 31.7 Å². The Balaban J connectivity index is 1.39. The summed E-state index contributed by atoms with van der Waals surface area (Å²) in [5, 5.41) is 7.68. The standard InChI is InChI=1S/C25H23N3O5S/c1-25(17-11-5-8-14-7-3-4-9-15(14)17)23(31)28(24(32)27-25)13-19(29)26-21-20(22(30)33-2)16-10-6-12-18(16)34-21/h3-5,7-9,11H,6,10,12-13H2,1-2H3,(H,26,29)(H,27,32). The fourth-order valence-corrected chi connectivity index (χ4v) is 6.10. The van der Waals surface area contributed by atoms with Gasteiger partial charge in [-0.3, -0.25) is 14.5 Å². The predicted molar refractivity (Wildman–Crippen MR) is 128 cm³/mol. The normalized spacial score (nSPS) is 19.3. The van der Waals surface area contributed by atoms with E-state index in [-0.39, 0.29) is 0 Å². The van der Waals surface area contributed by atoms with Crippen LogP contribution in [-0.2, 0) is 32.7 Å². The van der Waals surface area contributed by atoms with Crippen molar-refractivity contribution in [3.63, 3.8) is 0 Å². The predicted octanol–water partition coefficient (Wildman–Crippen LogP) is 3.58. The second-order valence-corrected chi connectivity index (χ2v) is 9.68. The number of ether oxygens (including phenoxy) is 1. The fourth-order valence-electron chi connectivity index (χ4n) is 4.80. The van der Waals surface area contributed by atoms with Crippen molar-refractivity contribution in [2.24, 2.45) is 0 Å². The number of esters is 1. The summed E-state index contributed by atoms with van der Waals surface area (Å²) in [5.74, 6) is -1.57. The van der Waals surface area contributed by atoms with Crippen molar-refractivity contribution in [3.8, 4) is 0 Å². The van der Waals surface area contributed by atoms with Crippen LogP contribution in [0.25, 0.3) is 10.8 Å². The van der Waals surface area contributed by atoms with Crippen molar-refractivity contribution in [3.05, 3.63) is 64.0 Å². The van der Waals surface area contributed by atoms with Crippen molar-refractivity contribution in [2.75, 3.05) is 19.0 Å². The Morgan fingerprint density at radius 3 is 2.71 bits per heavy atom. The quantitative estimate of drug-likeness (QED) is 0.432. The van der Waals surface area contributed by atoms with E-state index >= 15 is 0 Å². The summed E-state index contributed by atoms with van der Waals surface area (Å²) >= 11 is 1.34. The average Bonchev–Trinajstić information content (AvgIpc) is 3.47.